The lowest BCUT2D eigenvalue weighted by atomic mass is 9.89. The van der Waals surface area contributed by atoms with E-state index in [1.807, 2.05) is 24.3 Å². The molecule has 0 bridgehead atoms. The first-order valence-corrected chi connectivity index (χ1v) is 11.0. The minimum Gasteiger partial charge on any atom is -0.392 e. The summed E-state index contributed by atoms with van der Waals surface area (Å²) in [5.41, 5.74) is 4.12. The Labute approximate surface area is 194 Å². The van der Waals surface area contributed by atoms with Gasteiger partial charge in [-0.2, -0.15) is 0 Å². The summed E-state index contributed by atoms with van der Waals surface area (Å²) in [5.74, 6) is 0.135. The van der Waals surface area contributed by atoms with E-state index in [1.165, 1.54) is 5.56 Å². The van der Waals surface area contributed by atoms with Gasteiger partial charge in [0.15, 0.2) is 5.78 Å². The quantitative estimate of drug-likeness (QED) is 0.683. The molecule has 2 aromatic carbocycles. The van der Waals surface area contributed by atoms with Crippen LogP contribution in [0, 0.1) is 0 Å². The van der Waals surface area contributed by atoms with Crippen LogP contribution in [0.15, 0.2) is 36.4 Å². The average molecular weight is 470 g/mol. The number of carbonyl (C=O) groups is 1. The molecule has 1 saturated heterocycles. The normalized spacial score (nSPS) is 21.6. The molecule has 4 rings (SSSR count). The Hall–Kier alpha value is -1.14. The molecule has 4 nitrogen and oxygen atoms in total. The first kappa shape index (κ1) is 23.5. The maximum absolute atomic E-state index is 13.2. The zero-order chi connectivity index (χ0) is 20.4. The number of carbonyl (C=O) groups excluding carboxylic acids is 1. The molecule has 162 valence electrons. The van der Waals surface area contributed by atoms with Gasteiger partial charge in [-0.15, -0.1) is 12.4 Å². The number of piperidine rings is 1. The maximum atomic E-state index is 13.2. The van der Waals surface area contributed by atoms with Gasteiger partial charge in [-0.1, -0.05) is 53.5 Å². The lowest BCUT2D eigenvalue weighted by Crippen LogP contribution is -2.38. The van der Waals surface area contributed by atoms with Crippen molar-refractivity contribution in [2.24, 2.45) is 0 Å². The van der Waals surface area contributed by atoms with Crippen LogP contribution < -0.4 is 5.32 Å². The van der Waals surface area contributed by atoms with E-state index >= 15 is 0 Å². The van der Waals surface area contributed by atoms with E-state index in [-0.39, 0.29) is 30.3 Å². The Morgan fingerprint density at radius 2 is 2.00 bits per heavy atom. The predicted octanol–water partition coefficient (Wildman–Crippen LogP) is 4.37. The molecular weight excluding hydrogens is 443 g/mol. The fourth-order valence-electron chi connectivity index (χ4n) is 4.45. The number of likely N-dealkylation sites (tertiary alicyclic amines) is 1. The Bertz CT molecular complexity index is 906. The van der Waals surface area contributed by atoms with Crippen LogP contribution in [-0.4, -0.2) is 41.5 Å². The molecule has 0 aliphatic carbocycles. The van der Waals surface area contributed by atoms with Crippen molar-refractivity contribution >= 4 is 41.4 Å². The Kier molecular flexibility index (Phi) is 8.19. The van der Waals surface area contributed by atoms with Gasteiger partial charge in [-0.3, -0.25) is 9.69 Å². The highest BCUT2D eigenvalue weighted by molar-refractivity contribution is 6.42. The van der Waals surface area contributed by atoms with Crippen molar-refractivity contribution in [2.45, 2.75) is 44.4 Å². The Morgan fingerprint density at radius 1 is 1.20 bits per heavy atom. The number of halogens is 3. The molecule has 0 aromatic heterocycles. The first-order valence-electron chi connectivity index (χ1n) is 10.2. The molecule has 2 aliphatic rings. The van der Waals surface area contributed by atoms with Crippen LogP contribution in [0.5, 0.6) is 0 Å². The van der Waals surface area contributed by atoms with Crippen LogP contribution in [0.25, 0.3) is 0 Å². The molecule has 1 fully saturated rings. The number of hydrogen-bond donors (Lipinski definition) is 2. The second-order valence-corrected chi connectivity index (χ2v) is 8.79. The number of β-amino-alcohol motifs (C(OH)–C–C–N with tert-alkyl or cyclic N) is 1. The van der Waals surface area contributed by atoms with Gasteiger partial charge in [0.1, 0.15) is 0 Å². The molecular formula is C23H27Cl3N2O2. The SMILES string of the molecule is Cl.O=C(Cc1ccc(Cl)c(Cl)c1CN1CCCC(O)C1)C1NCCc2ccccc21. The molecule has 2 aliphatic heterocycles. The highest BCUT2D eigenvalue weighted by Gasteiger charge is 2.27. The van der Waals surface area contributed by atoms with E-state index in [0.29, 0.717) is 29.6 Å². The zero-order valence-electron chi connectivity index (χ0n) is 16.7. The van der Waals surface area contributed by atoms with Crippen molar-refractivity contribution in [3.63, 3.8) is 0 Å². The van der Waals surface area contributed by atoms with Gasteiger partial charge in [0.05, 0.1) is 22.2 Å². The highest BCUT2D eigenvalue weighted by Crippen LogP contribution is 2.32. The molecule has 0 amide bonds. The molecule has 2 unspecified atom stereocenters. The summed E-state index contributed by atoms with van der Waals surface area (Å²) in [5, 5.41) is 14.4. The number of ketones is 1. The van der Waals surface area contributed by atoms with Crippen LogP contribution >= 0.6 is 35.6 Å². The largest absolute Gasteiger partial charge is 0.392 e. The third-order valence-electron chi connectivity index (χ3n) is 5.95. The standard InChI is InChI=1S/C23H26Cl2N2O2.ClH/c24-20-8-7-16(19(22(20)25)14-27-11-3-5-17(28)13-27)12-21(29)23-18-6-2-1-4-15(18)9-10-26-23;/h1-2,4,6-8,17,23,26,28H,3,5,9-14H2;1H. The summed E-state index contributed by atoms with van der Waals surface area (Å²) in [6.07, 6.45) is 2.72. The minimum atomic E-state index is -0.310. The number of nitrogens with zero attached hydrogens (tertiary/aromatic N) is 1. The minimum absolute atomic E-state index is 0. The van der Waals surface area contributed by atoms with Gasteiger partial charge >= 0.3 is 0 Å². The van der Waals surface area contributed by atoms with Crippen molar-refractivity contribution < 1.29 is 9.90 Å². The van der Waals surface area contributed by atoms with Gasteiger partial charge < -0.3 is 10.4 Å². The summed E-state index contributed by atoms with van der Waals surface area (Å²) in [6.45, 7) is 2.92. The van der Waals surface area contributed by atoms with Crippen LogP contribution in [0.1, 0.15) is 41.1 Å². The fraction of sp³-hybridized carbons (Fsp3) is 0.435. The van der Waals surface area contributed by atoms with Crippen molar-refractivity contribution in [1.82, 2.24) is 10.2 Å². The number of benzene rings is 2. The fourth-order valence-corrected chi connectivity index (χ4v) is 4.87. The van der Waals surface area contributed by atoms with Crippen molar-refractivity contribution in [1.29, 1.82) is 0 Å². The number of aliphatic hydroxyl groups is 1. The van der Waals surface area contributed by atoms with Gasteiger partial charge in [0.2, 0.25) is 0 Å². The summed E-state index contributed by atoms with van der Waals surface area (Å²) < 4.78 is 0. The number of nitrogens with one attached hydrogen (secondary N) is 1. The summed E-state index contributed by atoms with van der Waals surface area (Å²) in [4.78, 5) is 15.4. The first-order chi connectivity index (χ1) is 14.0. The number of aliphatic hydroxyl groups excluding tert-OH is 1. The third kappa shape index (κ3) is 5.18. The molecule has 0 radical (unpaired) electrons. The number of fused-ring (bicyclic) bond motifs is 1. The molecule has 2 heterocycles. The van der Waals surface area contributed by atoms with Crippen LogP contribution in [-0.2, 0) is 24.2 Å². The van der Waals surface area contributed by atoms with Gasteiger partial charge in [0, 0.05) is 26.1 Å². The van der Waals surface area contributed by atoms with Gasteiger partial charge in [0.25, 0.3) is 0 Å². The van der Waals surface area contributed by atoms with E-state index in [2.05, 4.69) is 16.3 Å². The third-order valence-corrected chi connectivity index (χ3v) is 6.79. The Balaban J connectivity index is 0.00000256. The highest BCUT2D eigenvalue weighted by atomic mass is 35.5. The van der Waals surface area contributed by atoms with Gasteiger partial charge in [-0.05, 0) is 54.1 Å². The van der Waals surface area contributed by atoms with E-state index in [0.717, 1.165) is 49.0 Å². The predicted molar refractivity (Wildman–Crippen MR) is 124 cm³/mol. The zero-order valence-corrected chi connectivity index (χ0v) is 19.1. The molecule has 2 N–H and O–H groups in total. The monoisotopic (exact) mass is 468 g/mol. The lowest BCUT2D eigenvalue weighted by Gasteiger charge is -2.31. The molecule has 2 atom stereocenters. The van der Waals surface area contributed by atoms with Gasteiger partial charge in [-0.25, -0.2) is 0 Å². The van der Waals surface area contributed by atoms with Crippen molar-refractivity contribution in [3.05, 3.63) is 68.7 Å². The topological polar surface area (TPSA) is 52.6 Å². The maximum Gasteiger partial charge on any atom is 0.158 e. The van der Waals surface area contributed by atoms with E-state index in [4.69, 9.17) is 23.2 Å². The van der Waals surface area contributed by atoms with Crippen LogP contribution in [0.4, 0.5) is 0 Å². The molecule has 30 heavy (non-hydrogen) atoms. The summed E-state index contributed by atoms with van der Waals surface area (Å²) in [6, 6.07) is 11.5. The van der Waals surface area contributed by atoms with E-state index in [9.17, 15) is 9.90 Å². The van der Waals surface area contributed by atoms with Crippen molar-refractivity contribution in [2.75, 3.05) is 19.6 Å². The summed E-state index contributed by atoms with van der Waals surface area (Å²) >= 11 is 12.8. The smallest absolute Gasteiger partial charge is 0.158 e. The second kappa shape index (κ2) is 10.4. The average Bonchev–Trinajstić information content (AvgIpc) is 2.73. The number of Topliss-reactive ketones (excluding diaryl/α,β-unsaturated/α-hetero) is 1. The molecule has 2 aromatic rings. The summed E-state index contributed by atoms with van der Waals surface area (Å²) in [7, 11) is 0. The second-order valence-electron chi connectivity index (χ2n) is 8.01. The number of hydrogen-bond acceptors (Lipinski definition) is 4. The Morgan fingerprint density at radius 3 is 2.80 bits per heavy atom. The van der Waals surface area contributed by atoms with Crippen LogP contribution in [0.2, 0.25) is 10.0 Å². The molecule has 7 heteroatoms. The lowest BCUT2D eigenvalue weighted by molar-refractivity contribution is -0.120. The number of rotatable bonds is 5. The van der Waals surface area contributed by atoms with E-state index < -0.39 is 0 Å². The molecule has 0 spiro atoms. The molecule has 0 saturated carbocycles. The van der Waals surface area contributed by atoms with E-state index in [1.54, 1.807) is 6.07 Å². The van der Waals surface area contributed by atoms with Crippen molar-refractivity contribution in [3.8, 4) is 0 Å². The van der Waals surface area contributed by atoms with Crippen LogP contribution in [0.3, 0.4) is 0 Å².